The Morgan fingerprint density at radius 1 is 1.03 bits per heavy atom. The molecule has 158 valence electrons. The van der Waals surface area contributed by atoms with Gasteiger partial charge in [0.15, 0.2) is 0 Å². The Hall–Kier alpha value is -3.12. The van der Waals surface area contributed by atoms with Crippen LogP contribution < -0.4 is 10.1 Å². The van der Waals surface area contributed by atoms with E-state index in [-0.39, 0.29) is 5.91 Å². The van der Waals surface area contributed by atoms with Crippen LogP contribution in [0.15, 0.2) is 71.2 Å². The van der Waals surface area contributed by atoms with E-state index in [2.05, 4.69) is 51.8 Å². The van der Waals surface area contributed by atoms with Gasteiger partial charge in [0.05, 0.1) is 24.1 Å². The van der Waals surface area contributed by atoms with Crippen LogP contribution in [0.5, 0.6) is 5.75 Å². The summed E-state index contributed by atoms with van der Waals surface area (Å²) >= 11 is 3.39. The molecule has 1 amide bonds. The number of aromatic nitrogens is 2. The number of carbonyl (C=O) groups is 1. The summed E-state index contributed by atoms with van der Waals surface area (Å²) < 4.78 is 9.03. The van der Waals surface area contributed by atoms with Crippen LogP contribution in [-0.4, -0.2) is 22.1 Å². The van der Waals surface area contributed by atoms with Gasteiger partial charge < -0.3 is 14.6 Å². The molecule has 6 heteroatoms. The fourth-order valence-corrected chi connectivity index (χ4v) is 3.70. The standard InChI is InChI=1S/C25H24BrN3O2/c1-17-7-12-21(15-18(17)2)31-14-13-29-23-6-4-3-5-22(23)28-24(29)16-27-25(30)19-8-10-20(26)11-9-19/h3-12,15H,13-14,16H2,1-2H3,(H,27,30). The number of hydrogen-bond donors (Lipinski definition) is 1. The summed E-state index contributed by atoms with van der Waals surface area (Å²) in [6.07, 6.45) is 0. The second-order valence-electron chi connectivity index (χ2n) is 7.45. The van der Waals surface area contributed by atoms with Crippen LogP contribution in [0.1, 0.15) is 27.3 Å². The normalized spacial score (nSPS) is 10.9. The number of amides is 1. The third kappa shape index (κ3) is 4.97. The molecule has 1 heterocycles. The van der Waals surface area contributed by atoms with Crippen LogP contribution in [0.25, 0.3) is 11.0 Å². The molecule has 0 saturated carbocycles. The van der Waals surface area contributed by atoms with Gasteiger partial charge in [-0.15, -0.1) is 0 Å². The van der Waals surface area contributed by atoms with E-state index in [4.69, 9.17) is 9.72 Å². The summed E-state index contributed by atoms with van der Waals surface area (Å²) in [5.74, 6) is 1.53. The first-order valence-corrected chi connectivity index (χ1v) is 11.0. The molecule has 4 aromatic rings. The lowest BCUT2D eigenvalue weighted by Crippen LogP contribution is -2.25. The Kier molecular flexibility index (Phi) is 6.37. The number of nitrogens with zero attached hydrogens (tertiary/aromatic N) is 2. The summed E-state index contributed by atoms with van der Waals surface area (Å²) in [6, 6.07) is 21.4. The summed E-state index contributed by atoms with van der Waals surface area (Å²) in [4.78, 5) is 17.3. The molecule has 3 aromatic carbocycles. The number of hydrogen-bond acceptors (Lipinski definition) is 3. The van der Waals surface area contributed by atoms with Gasteiger partial charge in [-0.1, -0.05) is 34.1 Å². The number of para-hydroxylation sites is 2. The van der Waals surface area contributed by atoms with E-state index in [0.717, 1.165) is 27.1 Å². The number of rotatable bonds is 7. The highest BCUT2D eigenvalue weighted by molar-refractivity contribution is 9.10. The molecule has 0 aliphatic carbocycles. The van der Waals surface area contributed by atoms with Gasteiger partial charge in [-0.3, -0.25) is 4.79 Å². The van der Waals surface area contributed by atoms with Gasteiger partial charge >= 0.3 is 0 Å². The summed E-state index contributed by atoms with van der Waals surface area (Å²) in [7, 11) is 0. The van der Waals surface area contributed by atoms with Crippen molar-refractivity contribution in [3.8, 4) is 5.75 Å². The Morgan fingerprint density at radius 2 is 1.81 bits per heavy atom. The predicted octanol–water partition coefficient (Wildman–Crippen LogP) is 5.42. The first kappa shape index (κ1) is 21.1. The van der Waals surface area contributed by atoms with E-state index < -0.39 is 0 Å². The third-order valence-corrected chi connectivity index (χ3v) is 5.84. The van der Waals surface area contributed by atoms with Crippen molar-refractivity contribution < 1.29 is 9.53 Å². The lowest BCUT2D eigenvalue weighted by molar-refractivity contribution is 0.0949. The number of aryl methyl sites for hydroxylation is 2. The number of nitrogens with one attached hydrogen (secondary N) is 1. The molecule has 1 aromatic heterocycles. The monoisotopic (exact) mass is 477 g/mol. The number of carbonyl (C=O) groups excluding carboxylic acids is 1. The largest absolute Gasteiger partial charge is 0.492 e. The Labute approximate surface area is 190 Å². The molecule has 0 atom stereocenters. The Bertz CT molecular complexity index is 1220. The van der Waals surface area contributed by atoms with Crippen LogP contribution in [0.3, 0.4) is 0 Å². The first-order chi connectivity index (χ1) is 15.0. The molecule has 0 aliphatic rings. The summed E-state index contributed by atoms with van der Waals surface area (Å²) in [5.41, 5.74) is 5.00. The van der Waals surface area contributed by atoms with Crippen LogP contribution >= 0.6 is 15.9 Å². The highest BCUT2D eigenvalue weighted by atomic mass is 79.9. The van der Waals surface area contributed by atoms with Crippen LogP contribution in [0, 0.1) is 13.8 Å². The van der Waals surface area contributed by atoms with Crippen molar-refractivity contribution in [3.63, 3.8) is 0 Å². The molecule has 0 spiro atoms. The maximum Gasteiger partial charge on any atom is 0.251 e. The van der Waals surface area contributed by atoms with E-state index in [0.29, 0.717) is 25.3 Å². The molecule has 0 aliphatic heterocycles. The van der Waals surface area contributed by atoms with Crippen molar-refractivity contribution in [2.24, 2.45) is 0 Å². The number of ether oxygens (including phenoxy) is 1. The van der Waals surface area contributed by atoms with E-state index in [1.54, 1.807) is 12.1 Å². The quantitative estimate of drug-likeness (QED) is 0.386. The second-order valence-corrected chi connectivity index (χ2v) is 8.37. The zero-order valence-electron chi connectivity index (χ0n) is 17.6. The first-order valence-electron chi connectivity index (χ1n) is 10.2. The minimum Gasteiger partial charge on any atom is -0.492 e. The van der Waals surface area contributed by atoms with Gasteiger partial charge in [0.25, 0.3) is 5.91 Å². The fourth-order valence-electron chi connectivity index (χ4n) is 3.43. The van der Waals surface area contributed by atoms with Crippen LogP contribution in [0.4, 0.5) is 0 Å². The zero-order valence-corrected chi connectivity index (χ0v) is 19.1. The average Bonchev–Trinajstić information content (AvgIpc) is 3.12. The van der Waals surface area contributed by atoms with Crippen LogP contribution in [-0.2, 0) is 13.1 Å². The minimum atomic E-state index is -0.127. The molecule has 5 nitrogen and oxygen atoms in total. The Morgan fingerprint density at radius 3 is 2.58 bits per heavy atom. The second kappa shape index (κ2) is 9.35. The van der Waals surface area contributed by atoms with Gasteiger partial charge in [-0.25, -0.2) is 4.98 Å². The molecular weight excluding hydrogens is 454 g/mol. The highest BCUT2D eigenvalue weighted by Gasteiger charge is 2.13. The third-order valence-electron chi connectivity index (χ3n) is 5.31. The smallest absolute Gasteiger partial charge is 0.251 e. The topological polar surface area (TPSA) is 56.1 Å². The number of imidazole rings is 1. The van der Waals surface area contributed by atoms with E-state index in [9.17, 15) is 4.79 Å². The molecule has 0 unspecified atom stereocenters. The van der Waals surface area contributed by atoms with Crippen molar-refractivity contribution in [2.45, 2.75) is 26.9 Å². The van der Waals surface area contributed by atoms with Crippen molar-refractivity contribution in [3.05, 3.63) is 93.7 Å². The summed E-state index contributed by atoms with van der Waals surface area (Å²) in [6.45, 7) is 5.66. The SMILES string of the molecule is Cc1ccc(OCCn2c(CNC(=O)c3ccc(Br)cc3)nc3ccccc32)cc1C. The lowest BCUT2D eigenvalue weighted by atomic mass is 10.1. The minimum absolute atomic E-state index is 0.127. The predicted molar refractivity (Wildman–Crippen MR) is 126 cm³/mol. The average molecular weight is 478 g/mol. The fraction of sp³-hybridized carbons (Fsp3) is 0.200. The van der Waals surface area contributed by atoms with Gasteiger partial charge in [0.2, 0.25) is 0 Å². The van der Waals surface area contributed by atoms with E-state index in [1.807, 2.05) is 42.5 Å². The lowest BCUT2D eigenvalue weighted by Gasteiger charge is -2.12. The molecule has 31 heavy (non-hydrogen) atoms. The highest BCUT2D eigenvalue weighted by Crippen LogP contribution is 2.19. The van der Waals surface area contributed by atoms with Crippen molar-refractivity contribution in [1.29, 1.82) is 0 Å². The summed E-state index contributed by atoms with van der Waals surface area (Å²) in [5, 5.41) is 2.98. The molecule has 4 rings (SSSR count). The molecule has 0 bridgehead atoms. The molecule has 0 radical (unpaired) electrons. The molecule has 0 fully saturated rings. The molecule has 0 saturated heterocycles. The number of fused-ring (bicyclic) bond motifs is 1. The van der Waals surface area contributed by atoms with Gasteiger partial charge in [0.1, 0.15) is 18.2 Å². The zero-order chi connectivity index (χ0) is 21.8. The molecular formula is C25H24BrN3O2. The van der Waals surface area contributed by atoms with Gasteiger partial charge in [0, 0.05) is 10.0 Å². The van der Waals surface area contributed by atoms with Crippen molar-refractivity contribution in [1.82, 2.24) is 14.9 Å². The number of halogens is 1. The van der Waals surface area contributed by atoms with Gasteiger partial charge in [-0.2, -0.15) is 0 Å². The maximum absolute atomic E-state index is 12.5. The maximum atomic E-state index is 12.5. The van der Waals surface area contributed by atoms with E-state index >= 15 is 0 Å². The van der Waals surface area contributed by atoms with Crippen molar-refractivity contribution in [2.75, 3.05) is 6.61 Å². The Balaban J connectivity index is 1.48. The van der Waals surface area contributed by atoms with Crippen LogP contribution in [0.2, 0.25) is 0 Å². The van der Waals surface area contributed by atoms with E-state index in [1.165, 1.54) is 11.1 Å². The molecule has 1 N–H and O–H groups in total. The number of benzene rings is 3. The van der Waals surface area contributed by atoms with Gasteiger partial charge in [-0.05, 0) is 73.5 Å². The van der Waals surface area contributed by atoms with Crippen molar-refractivity contribution >= 4 is 32.9 Å².